The number of nitrogens with zero attached hydrogens (tertiary/aromatic N) is 3. The monoisotopic (exact) mass is 396 g/mol. The zero-order chi connectivity index (χ0) is 19.3. The van der Waals surface area contributed by atoms with Crippen LogP contribution in [-0.4, -0.2) is 29.2 Å². The fourth-order valence-electron chi connectivity index (χ4n) is 3.34. The number of aromatic nitrogens is 2. The number of carbonyl (C=O) groups is 1. The molecule has 1 aliphatic heterocycles. The number of anilines is 1. The van der Waals surface area contributed by atoms with Gasteiger partial charge in [-0.15, -0.1) is 5.10 Å². The molecule has 7 heteroatoms. The maximum Gasteiger partial charge on any atom is 0.318 e. The van der Waals surface area contributed by atoms with E-state index in [1.165, 1.54) is 6.42 Å². The molecule has 3 aromatic rings. The minimum absolute atomic E-state index is 0.294. The molecule has 0 unspecified atom stereocenters. The minimum atomic E-state index is -0.559. The fraction of sp³-hybridized carbons (Fsp3) is 0.286. The van der Waals surface area contributed by atoms with Gasteiger partial charge in [0.2, 0.25) is 5.89 Å². The Morgan fingerprint density at radius 2 is 1.71 bits per heavy atom. The summed E-state index contributed by atoms with van der Waals surface area (Å²) in [5.74, 6) is 0.0596. The second-order valence-electron chi connectivity index (χ2n) is 6.77. The quantitative estimate of drug-likeness (QED) is 0.698. The molecule has 1 saturated heterocycles. The van der Waals surface area contributed by atoms with Crippen molar-refractivity contribution in [2.45, 2.75) is 25.3 Å². The molecule has 1 N–H and O–H groups in total. The third-order valence-corrected chi connectivity index (χ3v) is 5.16. The Morgan fingerprint density at radius 1 is 1.00 bits per heavy atom. The number of piperidine rings is 1. The van der Waals surface area contributed by atoms with Crippen molar-refractivity contribution in [2.75, 3.05) is 18.0 Å². The summed E-state index contributed by atoms with van der Waals surface area (Å²) in [4.78, 5) is 14.9. The highest BCUT2D eigenvalue weighted by Crippen LogP contribution is 2.26. The van der Waals surface area contributed by atoms with Crippen LogP contribution < -0.4 is 10.2 Å². The number of nitrogens with one attached hydrogen (secondary N) is 1. The number of amides is 1. The first-order valence-electron chi connectivity index (χ1n) is 9.41. The highest BCUT2D eigenvalue weighted by atomic mass is 35.5. The van der Waals surface area contributed by atoms with E-state index in [-0.39, 0.29) is 5.91 Å². The predicted octanol–water partition coefficient (Wildman–Crippen LogP) is 4.23. The van der Waals surface area contributed by atoms with Crippen LogP contribution in [0.25, 0.3) is 0 Å². The second kappa shape index (κ2) is 8.44. The first-order valence-corrected chi connectivity index (χ1v) is 9.79. The molecule has 2 aromatic carbocycles. The Balaban J connectivity index is 1.62. The summed E-state index contributed by atoms with van der Waals surface area (Å²) in [7, 11) is 0. The lowest BCUT2D eigenvalue weighted by Crippen LogP contribution is -2.30. The zero-order valence-electron chi connectivity index (χ0n) is 15.3. The number of hydrogen-bond acceptors (Lipinski definition) is 5. The van der Waals surface area contributed by atoms with Gasteiger partial charge in [0, 0.05) is 13.1 Å². The molecule has 28 heavy (non-hydrogen) atoms. The highest BCUT2D eigenvalue weighted by molar-refractivity contribution is 6.33. The van der Waals surface area contributed by atoms with Gasteiger partial charge in [-0.3, -0.25) is 4.79 Å². The lowest BCUT2D eigenvalue weighted by molar-refractivity contribution is 0.0938. The predicted molar refractivity (Wildman–Crippen MR) is 108 cm³/mol. The van der Waals surface area contributed by atoms with Gasteiger partial charge in [-0.25, -0.2) is 0 Å². The van der Waals surface area contributed by atoms with Gasteiger partial charge in [0.15, 0.2) is 0 Å². The van der Waals surface area contributed by atoms with Crippen molar-refractivity contribution in [1.29, 1.82) is 0 Å². The summed E-state index contributed by atoms with van der Waals surface area (Å²) >= 11 is 6.18. The summed E-state index contributed by atoms with van der Waals surface area (Å²) in [6.07, 6.45) is 3.45. The van der Waals surface area contributed by atoms with Crippen LogP contribution >= 0.6 is 11.6 Å². The molecule has 6 nitrogen and oxygen atoms in total. The first kappa shape index (κ1) is 18.5. The van der Waals surface area contributed by atoms with E-state index in [2.05, 4.69) is 20.4 Å². The van der Waals surface area contributed by atoms with Gasteiger partial charge in [0.05, 0.1) is 10.6 Å². The van der Waals surface area contributed by atoms with Crippen LogP contribution in [0.5, 0.6) is 0 Å². The minimum Gasteiger partial charge on any atom is -0.405 e. The van der Waals surface area contributed by atoms with Gasteiger partial charge >= 0.3 is 6.01 Å². The van der Waals surface area contributed by atoms with Crippen molar-refractivity contribution >= 4 is 23.5 Å². The van der Waals surface area contributed by atoms with Gasteiger partial charge < -0.3 is 14.6 Å². The summed E-state index contributed by atoms with van der Waals surface area (Å²) in [5.41, 5.74) is 1.26. The van der Waals surface area contributed by atoms with Crippen molar-refractivity contribution < 1.29 is 9.21 Å². The standard InChI is InChI=1S/C21H21ClN4O2/c22-17-12-6-5-11-16(17)19(27)23-18(15-9-3-1-4-10-15)20-24-25-21(28-20)26-13-7-2-8-14-26/h1,3-6,9-12,18H,2,7-8,13-14H2,(H,23,27)/t18-/m1/s1. The molecule has 144 valence electrons. The molecule has 0 radical (unpaired) electrons. The highest BCUT2D eigenvalue weighted by Gasteiger charge is 2.26. The largest absolute Gasteiger partial charge is 0.405 e. The molecular formula is C21H21ClN4O2. The lowest BCUT2D eigenvalue weighted by Gasteiger charge is -2.24. The number of benzene rings is 2. The van der Waals surface area contributed by atoms with Crippen LogP contribution in [0.15, 0.2) is 59.0 Å². The van der Waals surface area contributed by atoms with E-state index in [1.54, 1.807) is 24.3 Å². The Bertz CT molecular complexity index is 938. The molecule has 0 spiro atoms. The summed E-state index contributed by atoms with van der Waals surface area (Å²) in [6, 6.07) is 16.5. The van der Waals surface area contributed by atoms with Crippen molar-refractivity contribution in [1.82, 2.24) is 15.5 Å². The first-order chi connectivity index (χ1) is 13.7. The fourth-order valence-corrected chi connectivity index (χ4v) is 3.56. The molecule has 0 aliphatic carbocycles. The maximum atomic E-state index is 12.8. The average Bonchev–Trinajstić information content (AvgIpc) is 3.23. The molecule has 1 fully saturated rings. The molecule has 1 amide bonds. The smallest absolute Gasteiger partial charge is 0.318 e. The molecule has 0 bridgehead atoms. The number of carbonyl (C=O) groups excluding carboxylic acids is 1. The molecule has 1 aromatic heterocycles. The summed E-state index contributed by atoms with van der Waals surface area (Å²) in [6.45, 7) is 1.81. The van der Waals surface area contributed by atoms with E-state index in [0.29, 0.717) is 22.5 Å². The van der Waals surface area contributed by atoms with Crippen LogP contribution in [0.2, 0.25) is 5.02 Å². The Hall–Kier alpha value is -2.86. The SMILES string of the molecule is O=C(N[C@H](c1ccccc1)c1nnc(N2CCCCC2)o1)c1ccccc1Cl. The van der Waals surface area contributed by atoms with Crippen LogP contribution in [0.4, 0.5) is 6.01 Å². The van der Waals surface area contributed by atoms with E-state index >= 15 is 0 Å². The third kappa shape index (κ3) is 4.02. The number of halogens is 1. The van der Waals surface area contributed by atoms with Crippen LogP contribution in [0.1, 0.15) is 47.1 Å². The molecular weight excluding hydrogens is 376 g/mol. The van der Waals surface area contributed by atoms with Crippen molar-refractivity contribution in [3.63, 3.8) is 0 Å². The van der Waals surface area contributed by atoms with Gasteiger partial charge in [-0.05, 0) is 37.0 Å². The van der Waals surface area contributed by atoms with Gasteiger partial charge in [0.25, 0.3) is 5.91 Å². The lowest BCUT2D eigenvalue weighted by atomic mass is 10.1. The van der Waals surface area contributed by atoms with E-state index < -0.39 is 6.04 Å². The van der Waals surface area contributed by atoms with Crippen LogP contribution in [-0.2, 0) is 0 Å². The molecule has 0 saturated carbocycles. The van der Waals surface area contributed by atoms with E-state index in [1.807, 2.05) is 30.3 Å². The van der Waals surface area contributed by atoms with E-state index in [9.17, 15) is 4.79 Å². The van der Waals surface area contributed by atoms with Crippen molar-refractivity contribution in [3.05, 3.63) is 76.6 Å². The summed E-state index contributed by atoms with van der Waals surface area (Å²) < 4.78 is 5.96. The summed E-state index contributed by atoms with van der Waals surface area (Å²) in [5, 5.41) is 11.8. The van der Waals surface area contributed by atoms with Crippen molar-refractivity contribution in [2.24, 2.45) is 0 Å². The van der Waals surface area contributed by atoms with Crippen LogP contribution in [0, 0.1) is 0 Å². The van der Waals surface area contributed by atoms with E-state index in [0.717, 1.165) is 31.5 Å². The number of hydrogen-bond donors (Lipinski definition) is 1. The zero-order valence-corrected chi connectivity index (χ0v) is 16.1. The van der Waals surface area contributed by atoms with Crippen molar-refractivity contribution in [3.8, 4) is 0 Å². The Morgan fingerprint density at radius 3 is 2.46 bits per heavy atom. The second-order valence-corrected chi connectivity index (χ2v) is 7.17. The molecule has 2 heterocycles. The average molecular weight is 397 g/mol. The van der Waals surface area contributed by atoms with Crippen LogP contribution in [0.3, 0.4) is 0 Å². The van der Waals surface area contributed by atoms with Gasteiger partial charge in [0.1, 0.15) is 6.04 Å². The molecule has 1 aliphatic rings. The Labute approximate surface area is 168 Å². The van der Waals surface area contributed by atoms with E-state index in [4.69, 9.17) is 16.0 Å². The number of rotatable bonds is 5. The molecule has 1 atom stereocenters. The molecule has 4 rings (SSSR count). The maximum absolute atomic E-state index is 12.8. The third-order valence-electron chi connectivity index (χ3n) is 4.83. The van der Waals surface area contributed by atoms with Gasteiger partial charge in [-0.2, -0.15) is 0 Å². The Kier molecular flexibility index (Phi) is 5.58. The topological polar surface area (TPSA) is 71.3 Å². The van der Waals surface area contributed by atoms with Gasteiger partial charge in [-0.1, -0.05) is 59.2 Å². The normalized spacial score (nSPS) is 15.2.